The van der Waals surface area contributed by atoms with Gasteiger partial charge in [-0.15, -0.1) is 0 Å². The average Bonchev–Trinajstić information content (AvgIpc) is 3.29. The summed E-state index contributed by atoms with van der Waals surface area (Å²) in [5.74, 6) is 0. The molecule has 1 aromatic rings. The van der Waals surface area contributed by atoms with Gasteiger partial charge in [0.1, 0.15) is 5.56 Å². The van der Waals surface area contributed by atoms with Crippen molar-refractivity contribution in [3.8, 4) is 0 Å². The highest BCUT2D eigenvalue weighted by atomic mass is 31.2. The van der Waals surface area contributed by atoms with Gasteiger partial charge < -0.3 is 5.09 Å². The van der Waals surface area contributed by atoms with E-state index in [1.165, 1.54) is 0 Å². The third-order valence-electron chi connectivity index (χ3n) is 3.39. The molecule has 11 heteroatoms. The minimum Gasteiger partial charge on any atom is -0.313 e. The smallest absolute Gasteiger partial charge is 0.313 e. The van der Waals surface area contributed by atoms with Crippen molar-refractivity contribution in [2.24, 2.45) is 0 Å². The topological polar surface area (TPSA) is 78.3 Å². The molecule has 0 radical (unpaired) electrons. The highest BCUT2D eigenvalue weighted by molar-refractivity contribution is 7.61. The molecule has 0 atom stereocenters. The van der Waals surface area contributed by atoms with E-state index in [2.05, 4.69) is 5.09 Å². The maximum atomic E-state index is 12.9. The van der Waals surface area contributed by atoms with Crippen LogP contribution in [0.2, 0.25) is 0 Å². The van der Waals surface area contributed by atoms with Crippen LogP contribution in [-0.2, 0) is 10.7 Å². The summed E-state index contributed by atoms with van der Waals surface area (Å²) < 4.78 is 54.9. The summed E-state index contributed by atoms with van der Waals surface area (Å²) in [5.41, 5.74) is -2.42. The molecule has 2 saturated heterocycles. The molecule has 0 aliphatic carbocycles. The summed E-state index contributed by atoms with van der Waals surface area (Å²) in [4.78, 5) is 9.63. The maximum Gasteiger partial charge on any atom is 0.423 e. The van der Waals surface area contributed by atoms with Crippen LogP contribution >= 0.6 is 7.59 Å². The van der Waals surface area contributed by atoms with Crippen molar-refractivity contribution in [1.29, 1.82) is 0 Å². The molecular weight excluding hydrogens is 324 g/mol. The zero-order chi connectivity index (χ0) is 16.1. The molecule has 1 aromatic carbocycles. The monoisotopic (exact) mass is 336 g/mol. The summed E-state index contributed by atoms with van der Waals surface area (Å²) in [6.07, 6.45) is -4.86. The highest BCUT2D eigenvalue weighted by Gasteiger charge is 2.48. The van der Waals surface area contributed by atoms with Gasteiger partial charge >= 0.3 is 13.8 Å². The molecule has 2 fully saturated rings. The molecule has 0 saturated carbocycles. The fourth-order valence-corrected chi connectivity index (χ4v) is 4.49. The molecule has 3 rings (SSSR count). The van der Waals surface area contributed by atoms with Crippen LogP contribution in [0.3, 0.4) is 0 Å². The van der Waals surface area contributed by atoms with Crippen molar-refractivity contribution < 1.29 is 22.7 Å². The second-order valence-electron chi connectivity index (χ2n) is 5.05. The molecule has 7 nitrogen and oxygen atoms in total. The first-order chi connectivity index (χ1) is 10.2. The van der Waals surface area contributed by atoms with E-state index >= 15 is 0 Å². The van der Waals surface area contributed by atoms with Crippen LogP contribution in [-0.4, -0.2) is 40.4 Å². The van der Waals surface area contributed by atoms with E-state index in [4.69, 9.17) is 0 Å². The zero-order valence-electron chi connectivity index (χ0n) is 11.2. The minimum absolute atomic E-state index is 0.0416. The number of nitro benzene ring substituents is 1. The second-order valence-corrected chi connectivity index (χ2v) is 7.49. The Hall–Kier alpha value is -1.64. The lowest BCUT2D eigenvalue weighted by molar-refractivity contribution is -0.388. The number of hydrogen-bond donors (Lipinski definition) is 1. The van der Waals surface area contributed by atoms with Crippen LogP contribution in [0, 0.1) is 10.1 Å². The van der Waals surface area contributed by atoms with E-state index in [0.29, 0.717) is 32.2 Å². The maximum absolute atomic E-state index is 12.9. The molecule has 0 spiro atoms. The summed E-state index contributed by atoms with van der Waals surface area (Å²) >= 11 is 0. The Kier molecular flexibility index (Phi) is 3.42. The number of halogens is 3. The van der Waals surface area contributed by atoms with Gasteiger partial charge in [-0.1, -0.05) is 0 Å². The third kappa shape index (κ3) is 2.81. The van der Waals surface area contributed by atoms with E-state index in [1.807, 2.05) is 0 Å². The van der Waals surface area contributed by atoms with E-state index in [0.717, 1.165) is 12.1 Å². The first-order valence-electron chi connectivity index (χ1n) is 6.46. The van der Waals surface area contributed by atoms with Crippen molar-refractivity contribution >= 4 is 19.0 Å². The lowest BCUT2D eigenvalue weighted by Gasteiger charge is -2.22. The Morgan fingerprint density at radius 3 is 2.14 bits per heavy atom. The van der Waals surface area contributed by atoms with E-state index < -0.39 is 29.9 Å². The van der Waals surface area contributed by atoms with Gasteiger partial charge in [0, 0.05) is 37.9 Å². The summed E-state index contributed by atoms with van der Waals surface area (Å²) in [6, 6.07) is 2.56. The number of nitro groups is 1. The Balaban J connectivity index is 1.94. The number of hydrogen-bond acceptors (Lipinski definition) is 3. The van der Waals surface area contributed by atoms with E-state index in [1.54, 1.807) is 9.34 Å². The molecule has 0 bridgehead atoms. The predicted octanol–water partition coefficient (Wildman–Crippen LogP) is 2.76. The Morgan fingerprint density at radius 2 is 1.73 bits per heavy atom. The lowest BCUT2D eigenvalue weighted by atomic mass is 10.1. The van der Waals surface area contributed by atoms with Crippen LogP contribution in [0.1, 0.15) is 5.56 Å². The molecular formula is C11H12F3N4O3P. The Bertz CT molecular complexity index is 657. The number of anilines is 1. The third-order valence-corrected chi connectivity index (χ3v) is 6.27. The van der Waals surface area contributed by atoms with Crippen LogP contribution in [0.5, 0.6) is 0 Å². The van der Waals surface area contributed by atoms with Gasteiger partial charge in [0.25, 0.3) is 5.69 Å². The van der Waals surface area contributed by atoms with Gasteiger partial charge in [0.05, 0.1) is 4.92 Å². The van der Waals surface area contributed by atoms with Crippen LogP contribution in [0.15, 0.2) is 18.2 Å². The number of rotatable bonds is 5. The number of benzene rings is 1. The van der Waals surface area contributed by atoms with Gasteiger partial charge in [0.15, 0.2) is 0 Å². The van der Waals surface area contributed by atoms with Gasteiger partial charge in [-0.3, -0.25) is 14.7 Å². The standard InChI is InChI=1S/C11H12F3N4O3P/c12-11(13,14)9-7-8(1-2-10(9)18(19)20)15-22(21,16-3-4-16)17-5-6-17/h1-2,7H,3-6H2,(H,15,21). The SMILES string of the molecule is O=[N+]([O-])c1ccc(NP(=O)(N2CC2)N2CC2)cc1C(F)(F)F. The Morgan fingerprint density at radius 1 is 1.18 bits per heavy atom. The van der Waals surface area contributed by atoms with Gasteiger partial charge in [-0.25, -0.2) is 9.34 Å². The Labute approximate surface area is 123 Å². The van der Waals surface area contributed by atoms with Crippen molar-refractivity contribution in [2.45, 2.75) is 6.18 Å². The van der Waals surface area contributed by atoms with Gasteiger partial charge in [-0.2, -0.15) is 13.2 Å². The van der Waals surface area contributed by atoms with Gasteiger partial charge in [-0.05, 0) is 12.1 Å². The normalized spacial score (nSPS) is 19.0. The van der Waals surface area contributed by atoms with Crippen LogP contribution in [0.4, 0.5) is 24.5 Å². The van der Waals surface area contributed by atoms with Crippen molar-refractivity contribution in [3.05, 3.63) is 33.9 Å². The minimum atomic E-state index is -4.86. The second kappa shape index (κ2) is 4.94. The fourth-order valence-electron chi connectivity index (χ4n) is 2.11. The molecule has 1 N–H and O–H groups in total. The summed E-state index contributed by atoms with van der Waals surface area (Å²) in [7, 11) is -3.09. The molecule has 2 aliphatic heterocycles. The largest absolute Gasteiger partial charge is 0.423 e. The van der Waals surface area contributed by atoms with E-state index in [-0.39, 0.29) is 5.69 Å². The molecule has 0 aromatic heterocycles. The molecule has 2 aliphatic rings. The number of alkyl halides is 3. The van der Waals surface area contributed by atoms with Crippen molar-refractivity contribution in [3.63, 3.8) is 0 Å². The first kappa shape index (κ1) is 15.3. The summed E-state index contributed by atoms with van der Waals surface area (Å²) in [5, 5.41) is 13.4. The molecule has 0 amide bonds. The van der Waals surface area contributed by atoms with Gasteiger partial charge in [0.2, 0.25) is 0 Å². The lowest BCUT2D eigenvalue weighted by Crippen LogP contribution is -2.14. The highest BCUT2D eigenvalue weighted by Crippen LogP contribution is 2.59. The molecule has 0 unspecified atom stereocenters. The zero-order valence-corrected chi connectivity index (χ0v) is 12.1. The van der Waals surface area contributed by atoms with Crippen LogP contribution in [0.25, 0.3) is 0 Å². The molecule has 2 heterocycles. The number of nitrogens with zero attached hydrogens (tertiary/aromatic N) is 3. The number of nitrogens with one attached hydrogen (secondary N) is 1. The summed E-state index contributed by atoms with van der Waals surface area (Å²) in [6.45, 7) is 2.44. The van der Waals surface area contributed by atoms with E-state index in [9.17, 15) is 27.9 Å². The quantitative estimate of drug-likeness (QED) is 0.386. The first-order valence-corrected chi connectivity index (χ1v) is 8.08. The molecule has 22 heavy (non-hydrogen) atoms. The molecule has 120 valence electrons. The van der Waals surface area contributed by atoms with Crippen LogP contribution < -0.4 is 5.09 Å². The fraction of sp³-hybridized carbons (Fsp3) is 0.455. The average molecular weight is 336 g/mol. The predicted molar refractivity (Wildman–Crippen MR) is 72.5 cm³/mol. The van der Waals surface area contributed by atoms with Crippen molar-refractivity contribution in [2.75, 3.05) is 31.3 Å². The van der Waals surface area contributed by atoms with Crippen molar-refractivity contribution in [1.82, 2.24) is 9.34 Å².